The van der Waals surface area contributed by atoms with Crippen LogP contribution in [0.2, 0.25) is 0 Å². The van der Waals surface area contributed by atoms with Gasteiger partial charge < -0.3 is 11.1 Å². The van der Waals surface area contributed by atoms with Crippen molar-refractivity contribution < 1.29 is 18.0 Å². The van der Waals surface area contributed by atoms with Crippen LogP contribution in [0.3, 0.4) is 0 Å². The minimum atomic E-state index is -3.74. The summed E-state index contributed by atoms with van der Waals surface area (Å²) in [4.78, 5) is 24.0. The van der Waals surface area contributed by atoms with E-state index in [1.807, 2.05) is 0 Å². The number of carbonyl (C=O) groups is 2. The number of amides is 1. The molecule has 2 rings (SSSR count). The molecule has 25 heavy (non-hydrogen) atoms. The van der Waals surface area contributed by atoms with Crippen molar-refractivity contribution in [2.75, 3.05) is 26.2 Å². The van der Waals surface area contributed by atoms with Crippen molar-refractivity contribution in [3.63, 3.8) is 0 Å². The summed E-state index contributed by atoms with van der Waals surface area (Å²) in [5.74, 6) is -0.648. The topological polar surface area (TPSA) is 110 Å². The molecule has 1 fully saturated rings. The molecule has 3 N–H and O–H groups in total. The average molecular weight is 367 g/mol. The molecule has 1 amide bonds. The van der Waals surface area contributed by atoms with Gasteiger partial charge in [-0.15, -0.1) is 0 Å². The monoisotopic (exact) mass is 367 g/mol. The van der Waals surface area contributed by atoms with E-state index in [1.165, 1.54) is 16.4 Å². The highest BCUT2D eigenvalue weighted by Gasteiger charge is 2.33. The number of sulfonamides is 1. The molecule has 1 aromatic rings. The van der Waals surface area contributed by atoms with Crippen LogP contribution in [-0.4, -0.2) is 50.6 Å². The van der Waals surface area contributed by atoms with Gasteiger partial charge in [0.25, 0.3) is 0 Å². The normalized spacial score (nSPS) is 18.7. The lowest BCUT2D eigenvalue weighted by atomic mass is 9.99. The van der Waals surface area contributed by atoms with Gasteiger partial charge in [0.1, 0.15) is 0 Å². The van der Waals surface area contributed by atoms with Gasteiger partial charge in [0.05, 0.1) is 10.8 Å². The maximum atomic E-state index is 12.9. The molecule has 0 aliphatic carbocycles. The van der Waals surface area contributed by atoms with Gasteiger partial charge in [0.15, 0.2) is 5.78 Å². The van der Waals surface area contributed by atoms with E-state index in [9.17, 15) is 18.0 Å². The second kappa shape index (κ2) is 8.55. The van der Waals surface area contributed by atoms with Gasteiger partial charge >= 0.3 is 0 Å². The highest BCUT2D eigenvalue weighted by molar-refractivity contribution is 7.89. The molecule has 7 nitrogen and oxygen atoms in total. The van der Waals surface area contributed by atoms with E-state index in [0.717, 1.165) is 0 Å². The van der Waals surface area contributed by atoms with Crippen molar-refractivity contribution in [2.24, 2.45) is 11.7 Å². The van der Waals surface area contributed by atoms with Crippen LogP contribution in [0.4, 0.5) is 0 Å². The Labute approximate surface area is 148 Å². The van der Waals surface area contributed by atoms with Crippen molar-refractivity contribution in [3.8, 4) is 0 Å². The predicted octanol–water partition coefficient (Wildman–Crippen LogP) is 0.755. The highest BCUT2D eigenvalue weighted by atomic mass is 32.2. The lowest BCUT2D eigenvalue weighted by Gasteiger charge is -2.31. The Morgan fingerprint density at radius 2 is 2.12 bits per heavy atom. The molecule has 1 atom stereocenters. The number of hydrogen-bond acceptors (Lipinski definition) is 5. The number of nitrogens with one attached hydrogen (secondary N) is 1. The molecule has 1 unspecified atom stereocenters. The molecular formula is C17H25N3O4S. The SMILES string of the molecule is CCC(=O)c1cccc(S(=O)(=O)N2CCCC(C(=O)NCCN)C2)c1. The van der Waals surface area contributed by atoms with Crippen LogP contribution in [0.25, 0.3) is 0 Å². The third-order valence-corrected chi connectivity index (χ3v) is 6.17. The summed E-state index contributed by atoms with van der Waals surface area (Å²) in [6.45, 7) is 2.97. The Morgan fingerprint density at radius 3 is 2.80 bits per heavy atom. The second-order valence-electron chi connectivity index (χ2n) is 6.09. The molecule has 1 aliphatic heterocycles. The number of piperidine rings is 1. The number of benzene rings is 1. The molecule has 1 aromatic carbocycles. The summed E-state index contributed by atoms with van der Waals surface area (Å²) in [5.41, 5.74) is 5.77. The first-order valence-corrected chi connectivity index (χ1v) is 9.95. The molecule has 0 saturated carbocycles. The van der Waals surface area contributed by atoms with Crippen molar-refractivity contribution >= 4 is 21.7 Å². The fourth-order valence-corrected chi connectivity index (χ4v) is 4.47. The summed E-state index contributed by atoms with van der Waals surface area (Å²) in [6.07, 6.45) is 1.58. The molecule has 8 heteroatoms. The van der Waals surface area contributed by atoms with Gasteiger partial charge in [-0.3, -0.25) is 9.59 Å². The molecule has 0 radical (unpaired) electrons. The first kappa shape index (κ1) is 19.6. The van der Waals surface area contributed by atoms with Gasteiger partial charge in [-0.1, -0.05) is 19.1 Å². The van der Waals surface area contributed by atoms with Gasteiger partial charge in [-0.05, 0) is 25.0 Å². The number of Topliss-reactive ketones (excluding diaryl/α,β-unsaturated/α-hetero) is 1. The molecule has 1 heterocycles. The fourth-order valence-electron chi connectivity index (χ4n) is 2.90. The summed E-state index contributed by atoms with van der Waals surface area (Å²) < 4.78 is 27.1. The van der Waals surface area contributed by atoms with E-state index in [-0.39, 0.29) is 29.0 Å². The summed E-state index contributed by atoms with van der Waals surface area (Å²) >= 11 is 0. The smallest absolute Gasteiger partial charge is 0.243 e. The maximum absolute atomic E-state index is 12.9. The molecule has 1 saturated heterocycles. The minimum absolute atomic E-state index is 0.0924. The van der Waals surface area contributed by atoms with Gasteiger partial charge in [-0.2, -0.15) is 4.31 Å². The molecular weight excluding hydrogens is 342 g/mol. The van der Waals surface area contributed by atoms with Crippen LogP contribution in [-0.2, 0) is 14.8 Å². The van der Waals surface area contributed by atoms with E-state index in [4.69, 9.17) is 5.73 Å². The van der Waals surface area contributed by atoms with E-state index >= 15 is 0 Å². The Hall–Kier alpha value is -1.77. The minimum Gasteiger partial charge on any atom is -0.355 e. The summed E-state index contributed by atoms with van der Waals surface area (Å²) in [7, 11) is -3.74. The van der Waals surface area contributed by atoms with Gasteiger partial charge in [0.2, 0.25) is 15.9 Å². The Morgan fingerprint density at radius 1 is 1.36 bits per heavy atom. The van der Waals surface area contributed by atoms with Crippen molar-refractivity contribution in [1.29, 1.82) is 0 Å². The lowest BCUT2D eigenvalue weighted by Crippen LogP contribution is -2.46. The van der Waals surface area contributed by atoms with E-state index in [0.29, 0.717) is 44.5 Å². The predicted molar refractivity (Wildman–Crippen MR) is 94.6 cm³/mol. The molecule has 0 bridgehead atoms. The first-order chi connectivity index (χ1) is 11.9. The molecule has 1 aliphatic rings. The molecule has 138 valence electrons. The lowest BCUT2D eigenvalue weighted by molar-refractivity contribution is -0.126. The van der Waals surface area contributed by atoms with Crippen LogP contribution < -0.4 is 11.1 Å². The van der Waals surface area contributed by atoms with E-state index in [2.05, 4.69) is 5.32 Å². The zero-order chi connectivity index (χ0) is 18.4. The van der Waals surface area contributed by atoms with Gasteiger partial charge in [0, 0.05) is 38.2 Å². The van der Waals surface area contributed by atoms with E-state index < -0.39 is 10.0 Å². The third kappa shape index (κ3) is 4.65. The Balaban J connectivity index is 2.18. The first-order valence-electron chi connectivity index (χ1n) is 8.51. The number of hydrogen-bond donors (Lipinski definition) is 2. The Bertz CT molecular complexity index is 733. The van der Waals surface area contributed by atoms with Crippen molar-refractivity contribution in [2.45, 2.75) is 31.1 Å². The fraction of sp³-hybridized carbons (Fsp3) is 0.529. The standard InChI is InChI=1S/C17H25N3O4S/c1-2-16(21)13-5-3-7-15(11-13)25(23,24)20-10-4-6-14(12-20)17(22)19-9-8-18/h3,5,7,11,14H,2,4,6,8-10,12,18H2,1H3,(H,19,22). The molecule has 0 aromatic heterocycles. The van der Waals surface area contributed by atoms with Crippen molar-refractivity contribution in [1.82, 2.24) is 9.62 Å². The number of rotatable bonds is 7. The molecule has 0 spiro atoms. The number of nitrogens with zero attached hydrogens (tertiary/aromatic N) is 1. The van der Waals surface area contributed by atoms with Crippen LogP contribution in [0.15, 0.2) is 29.2 Å². The summed E-state index contributed by atoms with van der Waals surface area (Å²) in [6, 6.07) is 6.09. The van der Waals surface area contributed by atoms with Crippen LogP contribution in [0.1, 0.15) is 36.5 Å². The van der Waals surface area contributed by atoms with Crippen LogP contribution >= 0.6 is 0 Å². The van der Waals surface area contributed by atoms with Crippen molar-refractivity contribution in [3.05, 3.63) is 29.8 Å². The highest BCUT2D eigenvalue weighted by Crippen LogP contribution is 2.24. The largest absolute Gasteiger partial charge is 0.355 e. The maximum Gasteiger partial charge on any atom is 0.243 e. The number of carbonyl (C=O) groups excluding carboxylic acids is 2. The zero-order valence-electron chi connectivity index (χ0n) is 14.4. The number of nitrogens with two attached hydrogens (primary N) is 1. The number of ketones is 1. The summed E-state index contributed by atoms with van der Waals surface area (Å²) in [5, 5.41) is 2.72. The quantitative estimate of drug-likeness (QED) is 0.691. The average Bonchev–Trinajstić information content (AvgIpc) is 2.65. The van der Waals surface area contributed by atoms with Crippen LogP contribution in [0, 0.1) is 5.92 Å². The third-order valence-electron chi connectivity index (χ3n) is 4.31. The zero-order valence-corrected chi connectivity index (χ0v) is 15.2. The second-order valence-corrected chi connectivity index (χ2v) is 8.02. The van der Waals surface area contributed by atoms with Gasteiger partial charge in [-0.25, -0.2) is 8.42 Å². The Kier molecular flexibility index (Phi) is 6.69. The van der Waals surface area contributed by atoms with E-state index in [1.54, 1.807) is 19.1 Å². The van der Waals surface area contributed by atoms with Crippen LogP contribution in [0.5, 0.6) is 0 Å².